The molecule has 0 aromatic carbocycles. The zero-order valence-corrected chi connectivity index (χ0v) is 8.92. The van der Waals surface area contributed by atoms with Gasteiger partial charge in [0.05, 0.1) is 11.7 Å². The van der Waals surface area contributed by atoms with Crippen molar-refractivity contribution in [2.45, 2.75) is 51.4 Å². The summed E-state index contributed by atoms with van der Waals surface area (Å²) in [5.41, 5.74) is 5.84. The highest BCUT2D eigenvalue weighted by atomic mass is 16.5. The Bertz CT molecular complexity index is 183. The van der Waals surface area contributed by atoms with Crippen molar-refractivity contribution in [3.63, 3.8) is 0 Å². The van der Waals surface area contributed by atoms with E-state index in [0.29, 0.717) is 18.1 Å². The van der Waals surface area contributed by atoms with Crippen LogP contribution in [0.1, 0.15) is 33.6 Å². The normalized spacial score (nSPS) is 34.0. The molecule has 0 spiro atoms. The van der Waals surface area contributed by atoms with Gasteiger partial charge in [0, 0.05) is 12.0 Å². The van der Waals surface area contributed by atoms with E-state index in [2.05, 4.69) is 27.4 Å². The maximum Gasteiger partial charge on any atom is 0.0643 e. The van der Waals surface area contributed by atoms with Crippen LogP contribution in [-0.4, -0.2) is 17.7 Å². The minimum atomic E-state index is -0.0514. The van der Waals surface area contributed by atoms with E-state index in [4.69, 9.17) is 10.5 Å². The highest BCUT2D eigenvalue weighted by molar-refractivity contribution is 4.97. The maximum absolute atomic E-state index is 5.89. The van der Waals surface area contributed by atoms with Gasteiger partial charge in [-0.15, -0.1) is 6.58 Å². The van der Waals surface area contributed by atoms with E-state index in [1.54, 1.807) is 0 Å². The van der Waals surface area contributed by atoms with E-state index >= 15 is 0 Å². The van der Waals surface area contributed by atoms with Crippen molar-refractivity contribution in [2.75, 3.05) is 0 Å². The number of hydrogen-bond donors (Lipinski definition) is 1. The summed E-state index contributed by atoms with van der Waals surface area (Å²) in [4.78, 5) is 0. The van der Waals surface area contributed by atoms with Crippen LogP contribution in [0, 0.1) is 5.92 Å². The quantitative estimate of drug-likeness (QED) is 0.680. The summed E-state index contributed by atoms with van der Waals surface area (Å²) >= 11 is 0. The van der Waals surface area contributed by atoms with E-state index < -0.39 is 0 Å². The standard InChI is InChI=1S/C11H21NO/c1-5-6-8-9(12)7-10(8)13-11(2,3)4/h5,8-10H,1,6-7,12H2,2-4H3. The summed E-state index contributed by atoms with van der Waals surface area (Å²) in [5, 5.41) is 0. The monoisotopic (exact) mass is 183 g/mol. The molecule has 3 unspecified atom stereocenters. The third-order valence-electron chi connectivity index (χ3n) is 2.48. The van der Waals surface area contributed by atoms with Gasteiger partial charge in [0.25, 0.3) is 0 Å². The van der Waals surface area contributed by atoms with Crippen LogP contribution >= 0.6 is 0 Å². The summed E-state index contributed by atoms with van der Waals surface area (Å²) < 4.78 is 5.88. The fourth-order valence-electron chi connectivity index (χ4n) is 1.81. The molecule has 1 saturated carbocycles. The van der Waals surface area contributed by atoms with Gasteiger partial charge < -0.3 is 10.5 Å². The molecule has 0 bridgehead atoms. The third kappa shape index (κ3) is 2.82. The fourth-order valence-corrected chi connectivity index (χ4v) is 1.81. The van der Waals surface area contributed by atoms with Crippen LogP contribution in [0.5, 0.6) is 0 Å². The molecule has 0 amide bonds. The molecule has 1 fully saturated rings. The van der Waals surface area contributed by atoms with Gasteiger partial charge >= 0.3 is 0 Å². The Morgan fingerprint density at radius 2 is 2.15 bits per heavy atom. The van der Waals surface area contributed by atoms with Crippen molar-refractivity contribution in [1.82, 2.24) is 0 Å². The highest BCUT2D eigenvalue weighted by Gasteiger charge is 2.40. The summed E-state index contributed by atoms with van der Waals surface area (Å²) in [5.74, 6) is 0.483. The Hall–Kier alpha value is -0.340. The molecule has 1 rings (SSSR count). The second-order valence-electron chi connectivity index (χ2n) is 4.86. The molecule has 2 heteroatoms. The van der Waals surface area contributed by atoms with Crippen LogP contribution in [-0.2, 0) is 4.74 Å². The van der Waals surface area contributed by atoms with E-state index in [0.717, 1.165) is 12.8 Å². The molecule has 0 aromatic heterocycles. The van der Waals surface area contributed by atoms with Crippen molar-refractivity contribution in [3.05, 3.63) is 12.7 Å². The van der Waals surface area contributed by atoms with Gasteiger partial charge in [0.2, 0.25) is 0 Å². The van der Waals surface area contributed by atoms with Crippen molar-refractivity contribution < 1.29 is 4.74 Å². The minimum absolute atomic E-state index is 0.0514. The molecule has 76 valence electrons. The minimum Gasteiger partial charge on any atom is -0.372 e. The third-order valence-corrected chi connectivity index (χ3v) is 2.48. The lowest BCUT2D eigenvalue weighted by Crippen LogP contribution is -2.54. The lowest BCUT2D eigenvalue weighted by atomic mass is 9.74. The Kier molecular flexibility index (Phi) is 3.14. The Morgan fingerprint density at radius 3 is 2.54 bits per heavy atom. The van der Waals surface area contributed by atoms with E-state index in [9.17, 15) is 0 Å². The molecule has 0 aromatic rings. The molecule has 0 radical (unpaired) electrons. The average Bonchev–Trinajstić information content (AvgIpc) is 1.97. The van der Waals surface area contributed by atoms with Crippen molar-refractivity contribution in [3.8, 4) is 0 Å². The highest BCUT2D eigenvalue weighted by Crippen LogP contribution is 2.34. The van der Waals surface area contributed by atoms with Gasteiger partial charge in [-0.3, -0.25) is 0 Å². The second kappa shape index (κ2) is 3.81. The first-order valence-corrected chi connectivity index (χ1v) is 4.98. The number of nitrogens with two attached hydrogens (primary N) is 1. The summed E-state index contributed by atoms with van der Waals surface area (Å²) in [6.45, 7) is 9.99. The van der Waals surface area contributed by atoms with E-state index in [1.807, 2.05) is 6.08 Å². The lowest BCUT2D eigenvalue weighted by Gasteiger charge is -2.45. The first-order valence-electron chi connectivity index (χ1n) is 4.98. The first-order chi connectivity index (χ1) is 5.94. The fraction of sp³-hybridized carbons (Fsp3) is 0.818. The zero-order valence-electron chi connectivity index (χ0n) is 8.92. The number of allylic oxidation sites excluding steroid dienone is 1. The number of rotatable bonds is 3. The smallest absolute Gasteiger partial charge is 0.0643 e. The van der Waals surface area contributed by atoms with Crippen LogP contribution in [0.2, 0.25) is 0 Å². The predicted molar refractivity (Wildman–Crippen MR) is 55.5 cm³/mol. The molecule has 2 nitrogen and oxygen atoms in total. The molecule has 13 heavy (non-hydrogen) atoms. The summed E-state index contributed by atoms with van der Waals surface area (Å²) in [7, 11) is 0. The van der Waals surface area contributed by atoms with Crippen molar-refractivity contribution >= 4 is 0 Å². The van der Waals surface area contributed by atoms with E-state index in [-0.39, 0.29) is 5.60 Å². The number of ether oxygens (including phenoxy) is 1. The molecular weight excluding hydrogens is 162 g/mol. The van der Waals surface area contributed by atoms with Gasteiger partial charge in [0.1, 0.15) is 0 Å². The SMILES string of the molecule is C=CCC1C(N)CC1OC(C)(C)C. The Morgan fingerprint density at radius 1 is 1.54 bits per heavy atom. The largest absolute Gasteiger partial charge is 0.372 e. The van der Waals surface area contributed by atoms with E-state index in [1.165, 1.54) is 0 Å². The molecule has 0 saturated heterocycles. The predicted octanol–water partition coefficient (Wildman–Crippen LogP) is 2.09. The van der Waals surface area contributed by atoms with Gasteiger partial charge in [-0.1, -0.05) is 6.08 Å². The second-order valence-corrected chi connectivity index (χ2v) is 4.86. The average molecular weight is 183 g/mol. The maximum atomic E-state index is 5.89. The molecule has 2 N–H and O–H groups in total. The van der Waals surface area contributed by atoms with Crippen molar-refractivity contribution in [1.29, 1.82) is 0 Å². The first kappa shape index (κ1) is 10.7. The van der Waals surface area contributed by atoms with Crippen molar-refractivity contribution in [2.24, 2.45) is 11.7 Å². The van der Waals surface area contributed by atoms with Crippen LogP contribution < -0.4 is 5.73 Å². The zero-order chi connectivity index (χ0) is 10.1. The van der Waals surface area contributed by atoms with Crippen LogP contribution in [0.3, 0.4) is 0 Å². The molecule has 0 aliphatic heterocycles. The Balaban J connectivity index is 2.40. The molecule has 3 atom stereocenters. The molecule has 0 heterocycles. The van der Waals surface area contributed by atoms with Gasteiger partial charge in [-0.05, 0) is 33.6 Å². The lowest BCUT2D eigenvalue weighted by molar-refractivity contribution is -0.131. The topological polar surface area (TPSA) is 35.2 Å². The summed E-state index contributed by atoms with van der Waals surface area (Å²) in [6, 6.07) is 0.311. The summed E-state index contributed by atoms with van der Waals surface area (Å²) in [6.07, 6.45) is 4.24. The molecule has 1 aliphatic rings. The Labute approximate surface area is 81.1 Å². The van der Waals surface area contributed by atoms with Gasteiger partial charge in [-0.25, -0.2) is 0 Å². The molecular formula is C11H21NO. The molecule has 1 aliphatic carbocycles. The van der Waals surface area contributed by atoms with Crippen LogP contribution in [0.25, 0.3) is 0 Å². The van der Waals surface area contributed by atoms with Crippen LogP contribution in [0.4, 0.5) is 0 Å². The number of hydrogen-bond acceptors (Lipinski definition) is 2. The van der Waals surface area contributed by atoms with Gasteiger partial charge in [0.15, 0.2) is 0 Å². The van der Waals surface area contributed by atoms with Crippen LogP contribution in [0.15, 0.2) is 12.7 Å². The van der Waals surface area contributed by atoms with Gasteiger partial charge in [-0.2, -0.15) is 0 Å².